The monoisotopic (exact) mass is 524 g/mol. The molecule has 0 fully saturated rings. The molecule has 0 spiro atoms. The van der Waals surface area contributed by atoms with Crippen molar-refractivity contribution in [1.29, 1.82) is 0 Å². The Labute approximate surface area is 229 Å². The number of thiazole rings is 1. The Hall–Kier alpha value is 0.320. The molecule has 0 aliphatic carbocycles. The summed E-state index contributed by atoms with van der Waals surface area (Å²) in [4.78, 5) is 54.5. The predicted molar refractivity (Wildman–Crippen MR) is 105 cm³/mol. The molecule has 16 heteroatoms. The molecule has 0 aliphatic rings. The fraction of sp³-hybridized carbons (Fsp3) is 0.133. The smallest absolute Gasteiger partial charge is 0.778 e. The third-order valence-electron chi connectivity index (χ3n) is 4.03. The summed E-state index contributed by atoms with van der Waals surface area (Å²) >= 11 is 6.55. The van der Waals surface area contributed by atoms with Gasteiger partial charge in [-0.15, -0.1) is 0 Å². The van der Waals surface area contributed by atoms with Crippen LogP contribution in [0.2, 0.25) is 5.02 Å². The molecule has 0 radical (unpaired) electrons. The van der Waals surface area contributed by atoms with Gasteiger partial charge in [0.15, 0.2) is 0 Å². The van der Waals surface area contributed by atoms with Crippen LogP contribution in [0.25, 0.3) is 10.2 Å². The average molecular weight is 525 g/mol. The summed E-state index contributed by atoms with van der Waals surface area (Å²) in [5, 5.41) is 7.25. The van der Waals surface area contributed by atoms with Crippen LogP contribution in [0.3, 0.4) is 0 Å². The molecule has 0 saturated carbocycles. The SMILES string of the molecule is O=c1sc2ccc(O)cc2n1NC(c1ccc(Cl)cc1)C(P(=O)([O-])O)P(=O)([O-])O.[Na+].[Na+]. The van der Waals surface area contributed by atoms with Gasteiger partial charge >= 0.3 is 64.0 Å². The van der Waals surface area contributed by atoms with Gasteiger partial charge in [0.1, 0.15) is 26.3 Å². The number of phenols is 1. The van der Waals surface area contributed by atoms with E-state index in [-0.39, 0.29) is 81.0 Å². The molecule has 1 aromatic heterocycles. The molecule has 156 valence electrons. The van der Waals surface area contributed by atoms with Gasteiger partial charge in [0.25, 0.3) is 0 Å². The minimum Gasteiger partial charge on any atom is -0.778 e. The number of aromatic nitrogens is 1. The normalized spacial score (nSPS) is 16.8. The zero-order chi connectivity index (χ0) is 21.6. The van der Waals surface area contributed by atoms with Crippen molar-refractivity contribution in [3.8, 4) is 5.75 Å². The molecule has 3 aromatic rings. The Morgan fingerprint density at radius 3 is 2.10 bits per heavy atom. The Balaban J connectivity index is 0.00000240. The third-order valence-corrected chi connectivity index (χ3v) is 8.89. The van der Waals surface area contributed by atoms with Crippen molar-refractivity contribution in [3.05, 3.63) is 62.7 Å². The van der Waals surface area contributed by atoms with Crippen molar-refractivity contribution in [1.82, 2.24) is 4.68 Å². The summed E-state index contributed by atoms with van der Waals surface area (Å²) in [5.74, 6) is -0.196. The van der Waals surface area contributed by atoms with E-state index < -0.39 is 31.5 Å². The van der Waals surface area contributed by atoms with Gasteiger partial charge in [-0.1, -0.05) is 35.1 Å². The average Bonchev–Trinajstić information content (AvgIpc) is 2.88. The van der Waals surface area contributed by atoms with Gasteiger partial charge in [-0.3, -0.25) is 4.79 Å². The molecule has 1 heterocycles. The predicted octanol–water partition coefficient (Wildman–Crippen LogP) is -4.87. The van der Waals surface area contributed by atoms with E-state index in [4.69, 9.17) is 11.6 Å². The second-order valence-corrected chi connectivity index (χ2v) is 11.3. The van der Waals surface area contributed by atoms with E-state index in [2.05, 4.69) is 5.43 Å². The fourth-order valence-electron chi connectivity index (χ4n) is 2.81. The van der Waals surface area contributed by atoms with E-state index >= 15 is 0 Å². The zero-order valence-corrected chi connectivity index (χ0v) is 23.6. The number of rotatable bonds is 6. The van der Waals surface area contributed by atoms with Crippen LogP contribution >= 0.6 is 38.1 Å². The zero-order valence-electron chi connectivity index (χ0n) is 16.2. The van der Waals surface area contributed by atoms with Crippen molar-refractivity contribution in [2.75, 3.05) is 5.43 Å². The first-order valence-electron chi connectivity index (χ1n) is 7.81. The van der Waals surface area contributed by atoms with Gasteiger partial charge in [-0.05, 0) is 29.8 Å². The molecule has 31 heavy (non-hydrogen) atoms. The molecular formula is C15H13ClN2Na2O8P2S. The standard InChI is InChI=1S/C15H15ClN2O8P2S.2Na/c16-9-3-1-8(2-4-9)13(14(27(21,22)23)28(24,25)26)17-18-11-7-10(19)5-6-12(11)29-15(18)20;;/h1-7,13-14,17,19H,(H2,21,22,23)(H2,24,25,26);;/q;2*+1/p-2. The van der Waals surface area contributed by atoms with Crippen molar-refractivity contribution in [2.24, 2.45) is 0 Å². The van der Waals surface area contributed by atoms with Crippen molar-refractivity contribution < 1.29 is 92.9 Å². The van der Waals surface area contributed by atoms with Gasteiger partial charge in [0.2, 0.25) is 0 Å². The van der Waals surface area contributed by atoms with E-state index in [9.17, 15) is 38.6 Å². The van der Waals surface area contributed by atoms with E-state index in [0.29, 0.717) is 4.70 Å². The largest absolute Gasteiger partial charge is 1.00 e. The van der Waals surface area contributed by atoms with Crippen LogP contribution < -0.4 is 79.2 Å². The molecule has 0 bridgehead atoms. The van der Waals surface area contributed by atoms with Gasteiger partial charge in [-0.2, -0.15) is 0 Å². The summed E-state index contributed by atoms with van der Waals surface area (Å²) in [7, 11) is -11.3. The molecule has 3 rings (SSSR count). The Morgan fingerprint density at radius 1 is 1.03 bits per heavy atom. The van der Waals surface area contributed by atoms with Gasteiger partial charge in [0.05, 0.1) is 16.3 Å². The number of halogens is 1. The Kier molecular flexibility index (Phi) is 10.6. The van der Waals surface area contributed by atoms with E-state index in [1.165, 1.54) is 42.5 Å². The van der Waals surface area contributed by atoms with Crippen LogP contribution in [0, 0.1) is 0 Å². The number of nitrogens with one attached hydrogen (secondary N) is 1. The molecule has 10 nitrogen and oxygen atoms in total. The van der Waals surface area contributed by atoms with Gasteiger partial charge < -0.3 is 39.2 Å². The summed E-state index contributed by atoms with van der Waals surface area (Å²) in [6.45, 7) is 0. The first kappa shape index (κ1) is 29.4. The second-order valence-electron chi connectivity index (χ2n) is 6.06. The summed E-state index contributed by atoms with van der Waals surface area (Å²) in [6.07, 6.45) is 0. The van der Waals surface area contributed by atoms with Crippen LogP contribution in [-0.2, 0) is 9.13 Å². The van der Waals surface area contributed by atoms with Crippen molar-refractivity contribution >= 4 is 48.3 Å². The topological polar surface area (TPSA) is 175 Å². The minimum absolute atomic E-state index is 0. The van der Waals surface area contributed by atoms with E-state index in [1.54, 1.807) is 0 Å². The van der Waals surface area contributed by atoms with Gasteiger partial charge in [-0.25, -0.2) is 4.68 Å². The number of fused-ring (bicyclic) bond motifs is 1. The molecule has 3 unspecified atom stereocenters. The molecule has 0 saturated heterocycles. The Morgan fingerprint density at radius 2 is 1.58 bits per heavy atom. The van der Waals surface area contributed by atoms with Crippen LogP contribution in [0.5, 0.6) is 5.75 Å². The molecule has 2 aromatic carbocycles. The molecule has 4 N–H and O–H groups in total. The van der Waals surface area contributed by atoms with E-state index in [0.717, 1.165) is 16.0 Å². The summed E-state index contributed by atoms with van der Waals surface area (Å²) < 4.78 is 24.9. The molecule has 0 aliphatic heterocycles. The first-order chi connectivity index (χ1) is 13.4. The van der Waals surface area contributed by atoms with E-state index in [1.807, 2.05) is 0 Å². The molecular weight excluding hydrogens is 512 g/mol. The number of aromatic hydroxyl groups is 1. The maximum absolute atomic E-state index is 12.4. The molecule has 0 amide bonds. The number of hydrogen-bond donors (Lipinski definition) is 4. The van der Waals surface area contributed by atoms with Crippen LogP contribution in [0.1, 0.15) is 11.6 Å². The van der Waals surface area contributed by atoms with Crippen molar-refractivity contribution in [2.45, 2.75) is 11.4 Å². The third kappa shape index (κ3) is 6.91. The number of phenolic OH excluding ortho intramolecular Hbond substituents is 1. The summed E-state index contributed by atoms with van der Waals surface area (Å²) in [6, 6.07) is 7.42. The second kappa shape index (κ2) is 11.2. The quantitative estimate of drug-likeness (QED) is 0.182. The minimum atomic E-state index is -5.67. The molecule has 3 atom stereocenters. The van der Waals surface area contributed by atoms with Crippen LogP contribution in [0.15, 0.2) is 47.3 Å². The first-order valence-corrected chi connectivity index (χ1v) is 12.3. The number of benzene rings is 2. The summed E-state index contributed by atoms with van der Waals surface area (Å²) in [5.41, 5.74) is 2.58. The van der Waals surface area contributed by atoms with Crippen LogP contribution in [-0.4, -0.2) is 25.0 Å². The Bertz CT molecular complexity index is 1190. The maximum atomic E-state index is 12.4. The fourth-order valence-corrected chi connectivity index (χ4v) is 6.46. The maximum Gasteiger partial charge on any atom is 1.00 e. The van der Waals surface area contributed by atoms with Crippen molar-refractivity contribution in [3.63, 3.8) is 0 Å². The van der Waals surface area contributed by atoms with Crippen LogP contribution in [0.4, 0.5) is 0 Å². The van der Waals surface area contributed by atoms with Gasteiger partial charge in [0, 0.05) is 11.1 Å². The number of hydrogen-bond acceptors (Lipinski definition) is 8. The number of nitrogens with zero attached hydrogens (tertiary/aromatic N) is 1.